The van der Waals surface area contributed by atoms with E-state index in [4.69, 9.17) is 21.1 Å². The Morgan fingerprint density at radius 3 is 3.23 bits per heavy atom. The fraction of sp³-hybridized carbons (Fsp3) is 0.375. The van der Waals surface area contributed by atoms with Crippen molar-refractivity contribution in [3.63, 3.8) is 0 Å². The molecule has 0 N–H and O–H groups in total. The van der Waals surface area contributed by atoms with Crippen LogP contribution >= 0.6 is 27.5 Å². The lowest BCUT2D eigenvalue weighted by atomic mass is 10.4. The van der Waals surface area contributed by atoms with Crippen molar-refractivity contribution in [3.05, 3.63) is 21.9 Å². The largest absolute Gasteiger partial charge is 0.488 e. The second kappa shape index (κ2) is 3.82. The van der Waals surface area contributed by atoms with Crippen molar-refractivity contribution in [2.45, 2.75) is 6.10 Å². The molecule has 1 saturated heterocycles. The van der Waals surface area contributed by atoms with Crippen molar-refractivity contribution < 1.29 is 9.47 Å². The van der Waals surface area contributed by atoms with E-state index in [1.54, 1.807) is 12.3 Å². The third kappa shape index (κ3) is 2.56. The Kier molecular flexibility index (Phi) is 2.71. The average Bonchev–Trinajstić information content (AvgIpc) is 2.90. The molecule has 70 valence electrons. The van der Waals surface area contributed by atoms with Crippen molar-refractivity contribution in [2.24, 2.45) is 0 Å². The van der Waals surface area contributed by atoms with Crippen molar-refractivity contribution in [3.8, 4) is 5.75 Å². The maximum Gasteiger partial charge on any atom is 0.171 e. The van der Waals surface area contributed by atoms with Crippen molar-refractivity contribution in [1.29, 1.82) is 0 Å². The number of nitrogens with zero attached hydrogens (tertiary/aromatic N) is 1. The van der Waals surface area contributed by atoms with Gasteiger partial charge in [0.25, 0.3) is 0 Å². The van der Waals surface area contributed by atoms with E-state index in [-0.39, 0.29) is 6.10 Å². The second-order valence-electron chi connectivity index (χ2n) is 2.71. The van der Waals surface area contributed by atoms with E-state index in [9.17, 15) is 0 Å². The van der Waals surface area contributed by atoms with Gasteiger partial charge in [0.2, 0.25) is 0 Å². The van der Waals surface area contributed by atoms with Crippen LogP contribution in [-0.2, 0) is 4.74 Å². The highest BCUT2D eigenvalue weighted by Crippen LogP contribution is 2.26. The summed E-state index contributed by atoms with van der Waals surface area (Å²) in [7, 11) is 0. The van der Waals surface area contributed by atoms with E-state index >= 15 is 0 Å². The van der Waals surface area contributed by atoms with Crippen LogP contribution in [-0.4, -0.2) is 24.3 Å². The molecule has 0 radical (unpaired) electrons. The molecular formula is C8H7BrClNO2. The Hall–Kier alpha value is -0.320. The monoisotopic (exact) mass is 263 g/mol. The van der Waals surface area contributed by atoms with Crippen LogP contribution in [0.2, 0.25) is 5.15 Å². The first kappa shape index (κ1) is 9.24. The van der Waals surface area contributed by atoms with Crippen LogP contribution in [0.25, 0.3) is 0 Å². The molecule has 1 aliphatic rings. The Bertz CT molecular complexity index is 317. The minimum absolute atomic E-state index is 0.232. The van der Waals surface area contributed by atoms with Gasteiger partial charge in [0.05, 0.1) is 6.61 Å². The molecule has 1 atom stereocenters. The predicted octanol–water partition coefficient (Wildman–Crippen LogP) is 2.28. The van der Waals surface area contributed by atoms with Crippen LogP contribution < -0.4 is 4.74 Å². The molecule has 0 spiro atoms. The van der Waals surface area contributed by atoms with Gasteiger partial charge < -0.3 is 9.47 Å². The van der Waals surface area contributed by atoms with Crippen LogP contribution in [0.5, 0.6) is 5.75 Å². The van der Waals surface area contributed by atoms with Gasteiger partial charge in [-0.3, -0.25) is 0 Å². The van der Waals surface area contributed by atoms with Crippen LogP contribution in [0, 0.1) is 0 Å². The Morgan fingerprint density at radius 2 is 2.54 bits per heavy atom. The molecule has 2 rings (SSSR count). The molecular weight excluding hydrogens is 257 g/mol. The minimum Gasteiger partial charge on any atom is -0.488 e. The number of hydrogen-bond donors (Lipinski definition) is 0. The number of halogens is 2. The van der Waals surface area contributed by atoms with E-state index < -0.39 is 0 Å². The van der Waals surface area contributed by atoms with Gasteiger partial charge in [-0.05, 0) is 22.0 Å². The first-order chi connectivity index (χ1) is 6.25. The van der Waals surface area contributed by atoms with Crippen LogP contribution in [0.15, 0.2) is 16.7 Å². The third-order valence-corrected chi connectivity index (χ3v) is 2.32. The average molecular weight is 265 g/mol. The Labute approximate surface area is 89.1 Å². The van der Waals surface area contributed by atoms with Crippen molar-refractivity contribution >= 4 is 27.5 Å². The molecule has 0 aromatic carbocycles. The highest BCUT2D eigenvalue weighted by molar-refractivity contribution is 9.10. The zero-order valence-electron chi connectivity index (χ0n) is 6.67. The predicted molar refractivity (Wildman–Crippen MR) is 52.2 cm³/mol. The topological polar surface area (TPSA) is 34.6 Å². The summed E-state index contributed by atoms with van der Waals surface area (Å²) in [5.41, 5.74) is 0. The zero-order valence-corrected chi connectivity index (χ0v) is 9.01. The fourth-order valence-corrected chi connectivity index (χ4v) is 1.32. The third-order valence-electron chi connectivity index (χ3n) is 1.60. The summed E-state index contributed by atoms with van der Waals surface area (Å²) in [6, 6.07) is 1.79. The number of aromatic nitrogens is 1. The summed E-state index contributed by atoms with van der Waals surface area (Å²) in [6.07, 6.45) is 1.86. The summed E-state index contributed by atoms with van der Waals surface area (Å²) in [6.45, 7) is 1.32. The first-order valence-electron chi connectivity index (χ1n) is 3.81. The van der Waals surface area contributed by atoms with Crippen molar-refractivity contribution in [1.82, 2.24) is 4.98 Å². The SMILES string of the molecule is Clc1ncc(Br)cc1OCC1CO1. The fourth-order valence-electron chi connectivity index (χ4n) is 0.852. The molecule has 1 aliphatic heterocycles. The van der Waals surface area contributed by atoms with Crippen LogP contribution in [0.3, 0.4) is 0 Å². The van der Waals surface area contributed by atoms with Gasteiger partial charge in [0.15, 0.2) is 10.9 Å². The van der Waals surface area contributed by atoms with Gasteiger partial charge in [-0.2, -0.15) is 0 Å². The molecule has 0 amide bonds. The number of ether oxygens (including phenoxy) is 2. The van der Waals surface area contributed by atoms with Gasteiger partial charge in [-0.25, -0.2) is 4.98 Å². The molecule has 0 saturated carbocycles. The summed E-state index contributed by atoms with van der Waals surface area (Å²) in [5.74, 6) is 0.589. The van der Waals surface area contributed by atoms with E-state index in [2.05, 4.69) is 20.9 Å². The summed E-state index contributed by atoms with van der Waals surface area (Å²) in [4.78, 5) is 3.93. The maximum absolute atomic E-state index is 5.80. The van der Waals surface area contributed by atoms with E-state index in [0.29, 0.717) is 17.5 Å². The molecule has 1 unspecified atom stereocenters. The minimum atomic E-state index is 0.232. The lowest BCUT2D eigenvalue weighted by Crippen LogP contribution is -2.04. The highest BCUT2D eigenvalue weighted by atomic mass is 79.9. The van der Waals surface area contributed by atoms with Crippen LogP contribution in [0.4, 0.5) is 0 Å². The highest BCUT2D eigenvalue weighted by Gasteiger charge is 2.23. The molecule has 1 aromatic heterocycles. The molecule has 3 nitrogen and oxygen atoms in total. The van der Waals surface area contributed by atoms with Gasteiger partial charge in [0, 0.05) is 10.7 Å². The molecule has 0 aliphatic carbocycles. The number of rotatable bonds is 3. The zero-order chi connectivity index (χ0) is 9.26. The van der Waals surface area contributed by atoms with E-state index in [1.165, 1.54) is 0 Å². The molecule has 0 bridgehead atoms. The van der Waals surface area contributed by atoms with Gasteiger partial charge >= 0.3 is 0 Å². The molecule has 2 heterocycles. The van der Waals surface area contributed by atoms with Crippen molar-refractivity contribution in [2.75, 3.05) is 13.2 Å². The molecule has 1 aromatic rings. The number of epoxide rings is 1. The molecule has 13 heavy (non-hydrogen) atoms. The van der Waals surface area contributed by atoms with E-state index in [0.717, 1.165) is 11.1 Å². The van der Waals surface area contributed by atoms with Gasteiger partial charge in [-0.15, -0.1) is 0 Å². The smallest absolute Gasteiger partial charge is 0.171 e. The van der Waals surface area contributed by atoms with Gasteiger partial charge in [0.1, 0.15) is 12.7 Å². The first-order valence-corrected chi connectivity index (χ1v) is 4.98. The van der Waals surface area contributed by atoms with E-state index in [1.807, 2.05) is 0 Å². The van der Waals surface area contributed by atoms with Crippen LogP contribution in [0.1, 0.15) is 0 Å². The standard InChI is InChI=1S/C8H7BrClNO2/c9-5-1-7(8(10)11-2-5)13-4-6-3-12-6/h1-2,6H,3-4H2. The maximum atomic E-state index is 5.80. The summed E-state index contributed by atoms with van der Waals surface area (Å²) < 4.78 is 11.2. The Morgan fingerprint density at radius 1 is 1.77 bits per heavy atom. The normalized spacial score (nSPS) is 20.0. The van der Waals surface area contributed by atoms with Gasteiger partial charge in [-0.1, -0.05) is 11.6 Å². The summed E-state index contributed by atoms with van der Waals surface area (Å²) >= 11 is 9.09. The summed E-state index contributed by atoms with van der Waals surface area (Å²) in [5, 5.41) is 0.379. The number of hydrogen-bond acceptors (Lipinski definition) is 3. The Balaban J connectivity index is 2.03. The molecule has 1 fully saturated rings. The number of pyridine rings is 1. The molecule has 5 heteroatoms. The lowest BCUT2D eigenvalue weighted by molar-refractivity contribution is 0.262. The quantitative estimate of drug-likeness (QED) is 0.620. The lowest BCUT2D eigenvalue weighted by Gasteiger charge is -2.05. The second-order valence-corrected chi connectivity index (χ2v) is 3.98.